The van der Waals surface area contributed by atoms with Gasteiger partial charge in [0.25, 0.3) is 0 Å². The quantitative estimate of drug-likeness (QED) is 0.794. The van der Waals surface area contributed by atoms with Crippen LogP contribution in [0.4, 0.5) is 0 Å². The van der Waals surface area contributed by atoms with Crippen LogP contribution in [0.2, 0.25) is 5.02 Å². The Bertz CT molecular complexity index is 267. The standard InChI is InChI=1S/C9H9Cl.C3H8O/c10-9-4-2-1-3-8(9)7-5-6-7;1-2-3-4/h1-4,7H,5-6H2;4H,2-3H2,1H3. The maximum Gasteiger partial charge on any atom is 0.0440 e. The first-order valence-electron chi connectivity index (χ1n) is 5.14. The predicted molar refractivity (Wildman–Crippen MR) is 60.8 cm³/mol. The van der Waals surface area contributed by atoms with Gasteiger partial charge in [0.2, 0.25) is 0 Å². The minimum atomic E-state index is 0.319. The largest absolute Gasteiger partial charge is 0.396 e. The summed E-state index contributed by atoms with van der Waals surface area (Å²) in [6.07, 6.45) is 3.52. The first-order chi connectivity index (χ1) is 6.79. The van der Waals surface area contributed by atoms with Gasteiger partial charge >= 0.3 is 0 Å². The molecule has 1 nitrogen and oxygen atoms in total. The molecule has 1 aliphatic carbocycles. The molecule has 0 spiro atoms. The molecule has 1 saturated carbocycles. The van der Waals surface area contributed by atoms with Crippen molar-refractivity contribution in [3.8, 4) is 0 Å². The highest BCUT2D eigenvalue weighted by atomic mass is 35.5. The SMILES string of the molecule is CCCO.Clc1ccccc1C1CC1. The molecule has 0 saturated heterocycles. The molecule has 2 heteroatoms. The zero-order valence-electron chi connectivity index (χ0n) is 8.54. The number of halogens is 1. The molecule has 1 aromatic rings. The lowest BCUT2D eigenvalue weighted by Crippen LogP contribution is -1.78. The molecule has 0 aromatic heterocycles. The maximum absolute atomic E-state index is 7.88. The third-order valence-electron chi connectivity index (χ3n) is 2.15. The van der Waals surface area contributed by atoms with E-state index in [2.05, 4.69) is 12.1 Å². The van der Waals surface area contributed by atoms with Gasteiger partial charge in [0.05, 0.1) is 0 Å². The van der Waals surface area contributed by atoms with Crippen LogP contribution in [0.5, 0.6) is 0 Å². The lowest BCUT2D eigenvalue weighted by Gasteiger charge is -1.98. The fourth-order valence-corrected chi connectivity index (χ4v) is 1.49. The van der Waals surface area contributed by atoms with Crippen molar-refractivity contribution in [3.63, 3.8) is 0 Å². The van der Waals surface area contributed by atoms with Crippen LogP contribution in [0, 0.1) is 0 Å². The summed E-state index contributed by atoms with van der Waals surface area (Å²) in [7, 11) is 0. The van der Waals surface area contributed by atoms with Crippen molar-refractivity contribution in [2.45, 2.75) is 32.1 Å². The van der Waals surface area contributed by atoms with Crippen LogP contribution in [-0.2, 0) is 0 Å². The molecule has 14 heavy (non-hydrogen) atoms. The number of rotatable bonds is 2. The van der Waals surface area contributed by atoms with Gasteiger partial charge in [0.15, 0.2) is 0 Å². The molecule has 1 fully saturated rings. The summed E-state index contributed by atoms with van der Waals surface area (Å²) in [4.78, 5) is 0. The van der Waals surface area contributed by atoms with Gasteiger partial charge in [-0.05, 0) is 36.8 Å². The fourth-order valence-electron chi connectivity index (χ4n) is 1.20. The van der Waals surface area contributed by atoms with Gasteiger partial charge in [0, 0.05) is 11.6 Å². The van der Waals surface area contributed by atoms with Crippen LogP contribution in [0.25, 0.3) is 0 Å². The van der Waals surface area contributed by atoms with Crippen molar-refractivity contribution in [3.05, 3.63) is 34.9 Å². The Balaban J connectivity index is 0.000000213. The Hall–Kier alpha value is -0.530. The van der Waals surface area contributed by atoms with Crippen molar-refractivity contribution in [2.75, 3.05) is 6.61 Å². The summed E-state index contributed by atoms with van der Waals surface area (Å²) in [5.41, 5.74) is 1.34. The van der Waals surface area contributed by atoms with E-state index in [1.165, 1.54) is 18.4 Å². The minimum absolute atomic E-state index is 0.319. The first kappa shape index (κ1) is 11.5. The van der Waals surface area contributed by atoms with Crippen LogP contribution in [0.1, 0.15) is 37.7 Å². The fraction of sp³-hybridized carbons (Fsp3) is 0.500. The highest BCUT2D eigenvalue weighted by molar-refractivity contribution is 6.31. The third-order valence-corrected chi connectivity index (χ3v) is 2.49. The minimum Gasteiger partial charge on any atom is -0.396 e. The number of hydrogen-bond donors (Lipinski definition) is 1. The summed E-state index contributed by atoms with van der Waals surface area (Å²) in [6.45, 7) is 2.25. The van der Waals surface area contributed by atoms with E-state index in [-0.39, 0.29) is 0 Å². The van der Waals surface area contributed by atoms with Crippen molar-refractivity contribution < 1.29 is 5.11 Å². The lowest BCUT2D eigenvalue weighted by molar-refractivity contribution is 0.295. The Morgan fingerprint density at radius 2 is 1.93 bits per heavy atom. The van der Waals surface area contributed by atoms with Crippen LogP contribution in [-0.4, -0.2) is 11.7 Å². The Labute approximate surface area is 90.7 Å². The smallest absolute Gasteiger partial charge is 0.0440 e. The van der Waals surface area contributed by atoms with Gasteiger partial charge in [-0.25, -0.2) is 0 Å². The van der Waals surface area contributed by atoms with E-state index in [4.69, 9.17) is 16.7 Å². The van der Waals surface area contributed by atoms with Crippen molar-refractivity contribution in [1.29, 1.82) is 0 Å². The molecule has 0 aliphatic heterocycles. The van der Waals surface area contributed by atoms with Crippen molar-refractivity contribution >= 4 is 11.6 Å². The molecule has 0 unspecified atom stereocenters. The van der Waals surface area contributed by atoms with E-state index in [1.807, 2.05) is 19.1 Å². The molecule has 0 heterocycles. The molecule has 0 amide bonds. The number of hydrogen-bond acceptors (Lipinski definition) is 1. The van der Waals surface area contributed by atoms with E-state index in [9.17, 15) is 0 Å². The molecular formula is C12H17ClO. The third kappa shape index (κ3) is 3.69. The second-order valence-corrected chi connectivity index (χ2v) is 3.93. The molecule has 1 N–H and O–H groups in total. The first-order valence-corrected chi connectivity index (χ1v) is 5.52. The van der Waals surface area contributed by atoms with Crippen molar-refractivity contribution in [1.82, 2.24) is 0 Å². The second kappa shape index (κ2) is 6.05. The Kier molecular flexibility index (Phi) is 4.99. The normalized spacial score (nSPS) is 14.5. The molecule has 78 valence electrons. The van der Waals surface area contributed by atoms with E-state index >= 15 is 0 Å². The van der Waals surface area contributed by atoms with Gasteiger partial charge in [0.1, 0.15) is 0 Å². The van der Waals surface area contributed by atoms with Crippen LogP contribution in [0.15, 0.2) is 24.3 Å². The molecule has 0 atom stereocenters. The molecule has 2 rings (SSSR count). The highest BCUT2D eigenvalue weighted by Crippen LogP contribution is 2.42. The maximum atomic E-state index is 7.88. The Morgan fingerprint density at radius 1 is 1.36 bits per heavy atom. The predicted octanol–water partition coefficient (Wildman–Crippen LogP) is 3.61. The van der Waals surface area contributed by atoms with Gasteiger partial charge in [-0.1, -0.05) is 36.7 Å². The van der Waals surface area contributed by atoms with Crippen LogP contribution >= 0.6 is 11.6 Å². The van der Waals surface area contributed by atoms with E-state index in [0.717, 1.165) is 17.4 Å². The van der Waals surface area contributed by atoms with Gasteiger partial charge in [-0.3, -0.25) is 0 Å². The number of aliphatic hydroxyl groups excluding tert-OH is 1. The number of benzene rings is 1. The molecular weight excluding hydrogens is 196 g/mol. The highest BCUT2D eigenvalue weighted by Gasteiger charge is 2.24. The summed E-state index contributed by atoms with van der Waals surface area (Å²) in [5.74, 6) is 0.772. The molecule has 0 bridgehead atoms. The summed E-state index contributed by atoms with van der Waals surface area (Å²) in [5, 5.41) is 8.81. The van der Waals surface area contributed by atoms with Gasteiger partial charge in [-0.15, -0.1) is 0 Å². The number of aliphatic hydroxyl groups is 1. The summed E-state index contributed by atoms with van der Waals surface area (Å²) < 4.78 is 0. The van der Waals surface area contributed by atoms with Crippen molar-refractivity contribution in [2.24, 2.45) is 0 Å². The van der Waals surface area contributed by atoms with Gasteiger partial charge < -0.3 is 5.11 Å². The van der Waals surface area contributed by atoms with E-state index in [1.54, 1.807) is 0 Å². The topological polar surface area (TPSA) is 20.2 Å². The average molecular weight is 213 g/mol. The average Bonchev–Trinajstić information content (AvgIpc) is 3.03. The van der Waals surface area contributed by atoms with E-state index < -0.39 is 0 Å². The van der Waals surface area contributed by atoms with Crippen LogP contribution in [0.3, 0.4) is 0 Å². The lowest BCUT2D eigenvalue weighted by atomic mass is 10.1. The zero-order valence-corrected chi connectivity index (χ0v) is 9.30. The second-order valence-electron chi connectivity index (χ2n) is 3.52. The summed E-state index contributed by atoms with van der Waals surface area (Å²) in [6, 6.07) is 8.13. The van der Waals surface area contributed by atoms with Crippen LogP contribution < -0.4 is 0 Å². The molecule has 0 radical (unpaired) electrons. The molecule has 1 aromatic carbocycles. The zero-order chi connectivity index (χ0) is 10.4. The Morgan fingerprint density at radius 3 is 2.36 bits per heavy atom. The van der Waals surface area contributed by atoms with Gasteiger partial charge in [-0.2, -0.15) is 0 Å². The molecule has 1 aliphatic rings. The van der Waals surface area contributed by atoms with E-state index in [0.29, 0.717) is 6.61 Å². The monoisotopic (exact) mass is 212 g/mol. The summed E-state index contributed by atoms with van der Waals surface area (Å²) >= 11 is 5.96.